The second-order valence-electron chi connectivity index (χ2n) is 8.46. The summed E-state index contributed by atoms with van der Waals surface area (Å²) in [6.45, 7) is 0. The van der Waals surface area contributed by atoms with Gasteiger partial charge in [-0.1, -0.05) is 30.4 Å². The fourth-order valence-corrected chi connectivity index (χ4v) is 5.22. The van der Waals surface area contributed by atoms with Gasteiger partial charge in [0.15, 0.2) is 5.82 Å². The van der Waals surface area contributed by atoms with Crippen LogP contribution in [0, 0.1) is 0 Å². The van der Waals surface area contributed by atoms with Crippen LogP contribution in [-0.4, -0.2) is 29.7 Å². The third-order valence-electron chi connectivity index (χ3n) is 6.73. The lowest BCUT2D eigenvalue weighted by Crippen LogP contribution is -1.96. The van der Waals surface area contributed by atoms with E-state index in [-0.39, 0.29) is 23.6 Å². The highest BCUT2D eigenvalue weighted by atomic mass is 16.3. The monoisotopic (exact) mass is 418 g/mol. The highest BCUT2D eigenvalue weighted by Crippen LogP contribution is 2.57. The number of aromatic hydroxyl groups is 2. The zero-order valence-corrected chi connectivity index (χ0v) is 17.0. The average molecular weight is 418 g/mol. The summed E-state index contributed by atoms with van der Waals surface area (Å²) < 4.78 is 1.53. The Bertz CT molecular complexity index is 1550. The first-order valence-electron chi connectivity index (χ1n) is 10.6. The van der Waals surface area contributed by atoms with Crippen LogP contribution in [0.2, 0.25) is 0 Å². The molecule has 0 radical (unpaired) electrons. The number of nitrogens with zero attached hydrogens (tertiary/aromatic N) is 4. The predicted molar refractivity (Wildman–Crippen MR) is 122 cm³/mol. The van der Waals surface area contributed by atoms with E-state index in [9.17, 15) is 10.2 Å². The van der Waals surface area contributed by atoms with Gasteiger partial charge in [0, 0.05) is 51.7 Å². The summed E-state index contributed by atoms with van der Waals surface area (Å²) in [5.41, 5.74) is 4.93. The van der Waals surface area contributed by atoms with Crippen molar-refractivity contribution in [1.29, 1.82) is 0 Å². The molecule has 3 heterocycles. The lowest BCUT2D eigenvalue weighted by atomic mass is 10.0. The number of pyridine rings is 1. The molecule has 0 fully saturated rings. The van der Waals surface area contributed by atoms with E-state index in [1.54, 1.807) is 6.20 Å². The van der Waals surface area contributed by atoms with E-state index in [2.05, 4.69) is 22.1 Å². The number of fused-ring (bicyclic) bond motifs is 8. The van der Waals surface area contributed by atoms with Crippen molar-refractivity contribution in [2.24, 2.45) is 0 Å². The minimum absolute atomic E-state index is 0.126. The number of hydrogen-bond acceptors (Lipinski definition) is 5. The quantitative estimate of drug-likeness (QED) is 0.305. The molecule has 154 valence electrons. The van der Waals surface area contributed by atoms with Gasteiger partial charge < -0.3 is 10.2 Å². The third-order valence-corrected chi connectivity index (χ3v) is 6.73. The molecule has 3 aromatic heterocycles. The maximum Gasteiger partial charge on any atom is 0.202 e. The van der Waals surface area contributed by atoms with Gasteiger partial charge in [-0.2, -0.15) is 0 Å². The molecule has 0 saturated heterocycles. The molecule has 7 rings (SSSR count). The van der Waals surface area contributed by atoms with Crippen LogP contribution in [0.3, 0.4) is 0 Å². The Morgan fingerprint density at radius 3 is 2.25 bits per heavy atom. The van der Waals surface area contributed by atoms with Crippen LogP contribution in [0.4, 0.5) is 0 Å². The molecule has 0 spiro atoms. The van der Waals surface area contributed by atoms with Gasteiger partial charge >= 0.3 is 0 Å². The maximum atomic E-state index is 10.8. The Kier molecular flexibility index (Phi) is 3.37. The minimum atomic E-state index is 0.126. The summed E-state index contributed by atoms with van der Waals surface area (Å²) in [6.07, 6.45) is 8.77. The van der Waals surface area contributed by atoms with E-state index in [4.69, 9.17) is 4.98 Å². The normalized spacial score (nSPS) is 18.6. The van der Waals surface area contributed by atoms with Crippen molar-refractivity contribution in [2.75, 3.05) is 0 Å². The van der Waals surface area contributed by atoms with E-state index in [1.165, 1.54) is 4.57 Å². The SMILES string of the molecule is Oc1c2c(c(O)n1-c1ccc(-c3ncc4ccc5cccnc5c4n3)cc1)[C@@H]1C=CC2C1. The number of aromatic nitrogens is 4. The maximum absolute atomic E-state index is 10.8. The van der Waals surface area contributed by atoms with Crippen LogP contribution in [0.15, 0.2) is 73.1 Å². The van der Waals surface area contributed by atoms with E-state index >= 15 is 0 Å². The summed E-state index contributed by atoms with van der Waals surface area (Å²) in [7, 11) is 0. The fourth-order valence-electron chi connectivity index (χ4n) is 5.22. The highest BCUT2D eigenvalue weighted by Gasteiger charge is 2.41. The van der Waals surface area contributed by atoms with Crippen LogP contribution in [-0.2, 0) is 0 Å². The molecule has 32 heavy (non-hydrogen) atoms. The molecule has 6 heteroatoms. The van der Waals surface area contributed by atoms with Gasteiger partial charge in [-0.15, -0.1) is 0 Å². The molecule has 2 aromatic carbocycles. The van der Waals surface area contributed by atoms with Crippen LogP contribution < -0.4 is 0 Å². The Labute approximate surface area is 183 Å². The Morgan fingerprint density at radius 1 is 0.781 bits per heavy atom. The first-order valence-corrected chi connectivity index (χ1v) is 10.6. The molecule has 5 aromatic rings. The van der Waals surface area contributed by atoms with Gasteiger partial charge in [-0.05, 0) is 36.8 Å². The van der Waals surface area contributed by atoms with Gasteiger partial charge in [0.2, 0.25) is 11.8 Å². The van der Waals surface area contributed by atoms with Crippen molar-refractivity contribution in [1.82, 2.24) is 19.5 Å². The van der Waals surface area contributed by atoms with Crippen LogP contribution in [0.1, 0.15) is 29.4 Å². The summed E-state index contributed by atoms with van der Waals surface area (Å²) in [5, 5.41) is 23.7. The second-order valence-corrected chi connectivity index (χ2v) is 8.46. The van der Waals surface area contributed by atoms with Crippen LogP contribution in [0.5, 0.6) is 11.8 Å². The van der Waals surface area contributed by atoms with Crippen molar-refractivity contribution < 1.29 is 10.2 Å². The van der Waals surface area contributed by atoms with Gasteiger partial charge in [-0.25, -0.2) is 9.97 Å². The van der Waals surface area contributed by atoms with Crippen molar-refractivity contribution in [3.63, 3.8) is 0 Å². The van der Waals surface area contributed by atoms with E-state index in [0.717, 1.165) is 44.9 Å². The van der Waals surface area contributed by atoms with E-state index < -0.39 is 0 Å². The molecular formula is C26H18N4O2. The standard InChI is InChI=1S/C26H18N4O2/c31-25-20-16-4-5-17(12-16)21(20)26(32)30(25)19-9-7-15(8-10-19)24-28-13-18-6-3-14-2-1-11-27-22(14)23(18)29-24/h1-11,13,16-17,31-32H,12H2/t16-,17?/m1/s1. The van der Waals surface area contributed by atoms with Crippen molar-refractivity contribution in [3.05, 3.63) is 84.2 Å². The van der Waals surface area contributed by atoms with Crippen molar-refractivity contribution >= 4 is 21.8 Å². The highest BCUT2D eigenvalue weighted by molar-refractivity contribution is 6.02. The van der Waals surface area contributed by atoms with Crippen LogP contribution in [0.25, 0.3) is 38.9 Å². The summed E-state index contributed by atoms with van der Waals surface area (Å²) >= 11 is 0. The van der Waals surface area contributed by atoms with E-state index in [1.807, 2.05) is 54.7 Å². The van der Waals surface area contributed by atoms with Crippen LogP contribution >= 0.6 is 0 Å². The van der Waals surface area contributed by atoms with Crippen molar-refractivity contribution in [2.45, 2.75) is 18.3 Å². The fraction of sp³-hybridized carbons (Fsp3) is 0.115. The summed E-state index contributed by atoms with van der Waals surface area (Å²) in [4.78, 5) is 13.8. The lowest BCUT2D eigenvalue weighted by molar-refractivity contribution is 0.395. The number of rotatable bonds is 2. The Morgan fingerprint density at radius 2 is 1.50 bits per heavy atom. The average Bonchev–Trinajstić information content (AvgIpc) is 3.52. The van der Waals surface area contributed by atoms with Gasteiger partial charge in [0.05, 0.1) is 11.2 Å². The lowest BCUT2D eigenvalue weighted by Gasteiger charge is -2.11. The number of allylic oxidation sites excluding steroid dienone is 2. The zero-order valence-electron chi connectivity index (χ0n) is 17.0. The summed E-state index contributed by atoms with van der Waals surface area (Å²) in [6, 6.07) is 15.5. The molecule has 0 aliphatic heterocycles. The molecule has 1 unspecified atom stereocenters. The topological polar surface area (TPSA) is 84.1 Å². The summed E-state index contributed by atoms with van der Waals surface area (Å²) in [5.74, 6) is 1.24. The molecule has 0 saturated carbocycles. The number of benzene rings is 2. The van der Waals surface area contributed by atoms with E-state index in [0.29, 0.717) is 11.5 Å². The zero-order chi connectivity index (χ0) is 21.4. The number of hydrogen-bond donors (Lipinski definition) is 2. The molecule has 0 amide bonds. The largest absolute Gasteiger partial charge is 0.494 e. The molecule has 6 nitrogen and oxygen atoms in total. The Balaban J connectivity index is 1.31. The predicted octanol–water partition coefficient (Wildman–Crippen LogP) is 5.19. The molecule has 2 atom stereocenters. The molecule has 2 bridgehead atoms. The third kappa shape index (κ3) is 2.26. The van der Waals surface area contributed by atoms with Gasteiger partial charge in [0.1, 0.15) is 5.52 Å². The first kappa shape index (κ1) is 17.5. The first-order chi connectivity index (χ1) is 15.7. The molecule has 2 aliphatic carbocycles. The van der Waals surface area contributed by atoms with Gasteiger partial charge in [0.25, 0.3) is 0 Å². The minimum Gasteiger partial charge on any atom is -0.494 e. The molecule has 2 aliphatic rings. The molecule has 2 N–H and O–H groups in total. The van der Waals surface area contributed by atoms with Crippen molar-refractivity contribution in [3.8, 4) is 28.8 Å². The van der Waals surface area contributed by atoms with Gasteiger partial charge in [-0.3, -0.25) is 9.55 Å². The Hall–Kier alpha value is -4.19. The smallest absolute Gasteiger partial charge is 0.202 e. The second kappa shape index (κ2) is 6.17. The molecular weight excluding hydrogens is 400 g/mol.